The molecule has 0 aliphatic heterocycles. The topological polar surface area (TPSA) is 103 Å². The van der Waals surface area contributed by atoms with Gasteiger partial charge in [-0.1, -0.05) is 24.3 Å². The number of carbonyl (C=O) groups excluding carboxylic acids is 1. The van der Waals surface area contributed by atoms with Crippen molar-refractivity contribution in [3.8, 4) is 11.5 Å². The highest BCUT2D eigenvalue weighted by Crippen LogP contribution is 2.25. The summed E-state index contributed by atoms with van der Waals surface area (Å²) in [6.45, 7) is -0.243. The van der Waals surface area contributed by atoms with Crippen LogP contribution in [0.2, 0.25) is 0 Å². The molecule has 0 heterocycles. The molecule has 0 spiro atoms. The number of nitro benzene ring substituents is 1. The molecule has 1 N–H and O–H groups in total. The zero-order chi connectivity index (χ0) is 17.4. The SMILES string of the molecule is COc1ccccc1OCC(=O)N/N=C/c1cccc([N+](=O)[O-])c1. The monoisotopic (exact) mass is 329 g/mol. The summed E-state index contributed by atoms with van der Waals surface area (Å²) in [5, 5.41) is 14.4. The summed E-state index contributed by atoms with van der Waals surface area (Å²) in [6.07, 6.45) is 1.31. The molecule has 0 atom stereocenters. The Labute approximate surface area is 137 Å². The van der Waals surface area contributed by atoms with E-state index in [-0.39, 0.29) is 12.3 Å². The van der Waals surface area contributed by atoms with Gasteiger partial charge in [-0.05, 0) is 12.1 Å². The average Bonchev–Trinajstić information content (AvgIpc) is 2.60. The number of methoxy groups -OCH3 is 1. The quantitative estimate of drug-likeness (QED) is 0.476. The molecule has 8 heteroatoms. The van der Waals surface area contributed by atoms with Crippen molar-refractivity contribution in [3.05, 3.63) is 64.2 Å². The number of nitro groups is 1. The van der Waals surface area contributed by atoms with Crippen LogP contribution >= 0.6 is 0 Å². The first-order valence-electron chi connectivity index (χ1n) is 6.92. The van der Waals surface area contributed by atoms with Gasteiger partial charge in [0.15, 0.2) is 18.1 Å². The molecular formula is C16H15N3O5. The van der Waals surface area contributed by atoms with Crippen LogP contribution < -0.4 is 14.9 Å². The van der Waals surface area contributed by atoms with Crippen LogP contribution in [0.25, 0.3) is 0 Å². The zero-order valence-corrected chi connectivity index (χ0v) is 12.8. The predicted molar refractivity (Wildman–Crippen MR) is 87.3 cm³/mol. The van der Waals surface area contributed by atoms with Gasteiger partial charge in [-0.2, -0.15) is 5.10 Å². The van der Waals surface area contributed by atoms with Gasteiger partial charge in [-0.15, -0.1) is 0 Å². The number of non-ortho nitro benzene ring substituents is 1. The number of para-hydroxylation sites is 2. The number of hydrazone groups is 1. The highest BCUT2D eigenvalue weighted by molar-refractivity contribution is 5.83. The van der Waals surface area contributed by atoms with Gasteiger partial charge in [0.1, 0.15) is 0 Å². The molecule has 0 saturated carbocycles. The van der Waals surface area contributed by atoms with E-state index in [2.05, 4.69) is 10.5 Å². The van der Waals surface area contributed by atoms with Crippen molar-refractivity contribution in [1.82, 2.24) is 5.43 Å². The van der Waals surface area contributed by atoms with E-state index in [0.29, 0.717) is 17.1 Å². The van der Waals surface area contributed by atoms with E-state index in [1.165, 1.54) is 31.5 Å². The first-order chi connectivity index (χ1) is 11.6. The highest BCUT2D eigenvalue weighted by Gasteiger charge is 2.06. The summed E-state index contributed by atoms with van der Waals surface area (Å²) < 4.78 is 10.4. The Morgan fingerprint density at radius 2 is 2.00 bits per heavy atom. The molecule has 124 valence electrons. The Morgan fingerprint density at radius 1 is 1.25 bits per heavy atom. The van der Waals surface area contributed by atoms with Crippen LogP contribution in [-0.2, 0) is 4.79 Å². The Hall–Kier alpha value is -3.42. The number of hydrogen-bond acceptors (Lipinski definition) is 6. The summed E-state index contributed by atoms with van der Waals surface area (Å²) in [4.78, 5) is 21.9. The van der Waals surface area contributed by atoms with Crippen molar-refractivity contribution >= 4 is 17.8 Å². The average molecular weight is 329 g/mol. The lowest BCUT2D eigenvalue weighted by Gasteiger charge is -2.09. The number of benzene rings is 2. The predicted octanol–water partition coefficient (Wildman–Crippen LogP) is 2.13. The van der Waals surface area contributed by atoms with Crippen molar-refractivity contribution in [2.45, 2.75) is 0 Å². The molecule has 0 aromatic heterocycles. The third kappa shape index (κ3) is 4.80. The van der Waals surface area contributed by atoms with Crippen LogP contribution in [0.4, 0.5) is 5.69 Å². The summed E-state index contributed by atoms with van der Waals surface area (Å²) in [5.41, 5.74) is 2.73. The molecule has 2 rings (SSSR count). The second-order valence-corrected chi connectivity index (χ2v) is 4.58. The number of carbonyl (C=O) groups is 1. The van der Waals surface area contributed by atoms with E-state index >= 15 is 0 Å². The molecule has 8 nitrogen and oxygen atoms in total. The maximum Gasteiger partial charge on any atom is 0.277 e. The maximum atomic E-state index is 11.7. The van der Waals surface area contributed by atoms with Crippen LogP contribution in [0.15, 0.2) is 53.6 Å². The molecule has 0 unspecified atom stereocenters. The Morgan fingerprint density at radius 3 is 2.71 bits per heavy atom. The van der Waals surface area contributed by atoms with Crippen LogP contribution in [0.3, 0.4) is 0 Å². The van der Waals surface area contributed by atoms with Crippen molar-refractivity contribution in [3.63, 3.8) is 0 Å². The summed E-state index contributed by atoms with van der Waals surface area (Å²) in [6, 6.07) is 12.8. The van der Waals surface area contributed by atoms with E-state index in [4.69, 9.17) is 9.47 Å². The number of amides is 1. The smallest absolute Gasteiger partial charge is 0.277 e. The molecule has 2 aromatic rings. The Bertz CT molecular complexity index is 761. The third-order valence-electron chi connectivity index (χ3n) is 2.91. The fourth-order valence-corrected chi connectivity index (χ4v) is 1.81. The van der Waals surface area contributed by atoms with Gasteiger partial charge in [0, 0.05) is 17.7 Å². The number of rotatable bonds is 7. The molecule has 0 fully saturated rings. The first kappa shape index (κ1) is 16.9. The van der Waals surface area contributed by atoms with Crippen LogP contribution in [0.1, 0.15) is 5.56 Å². The largest absolute Gasteiger partial charge is 0.493 e. The van der Waals surface area contributed by atoms with E-state index in [1.54, 1.807) is 30.3 Å². The number of nitrogens with zero attached hydrogens (tertiary/aromatic N) is 2. The van der Waals surface area contributed by atoms with Crippen molar-refractivity contribution < 1.29 is 19.2 Å². The molecule has 24 heavy (non-hydrogen) atoms. The third-order valence-corrected chi connectivity index (χ3v) is 2.91. The number of ether oxygens (including phenoxy) is 2. The minimum absolute atomic E-state index is 0.0511. The van der Waals surface area contributed by atoms with Gasteiger partial charge in [0.25, 0.3) is 11.6 Å². The van der Waals surface area contributed by atoms with Crippen LogP contribution in [-0.4, -0.2) is 30.8 Å². The summed E-state index contributed by atoms with van der Waals surface area (Å²) in [7, 11) is 1.51. The van der Waals surface area contributed by atoms with Gasteiger partial charge >= 0.3 is 0 Å². The van der Waals surface area contributed by atoms with Crippen molar-refractivity contribution in [2.24, 2.45) is 5.10 Å². The van der Waals surface area contributed by atoms with Crippen LogP contribution in [0.5, 0.6) is 11.5 Å². The first-order valence-corrected chi connectivity index (χ1v) is 6.92. The van der Waals surface area contributed by atoms with Gasteiger partial charge in [-0.3, -0.25) is 14.9 Å². The van der Waals surface area contributed by atoms with Gasteiger partial charge in [0.05, 0.1) is 18.2 Å². The Balaban J connectivity index is 1.87. The minimum Gasteiger partial charge on any atom is -0.493 e. The van der Waals surface area contributed by atoms with Crippen LogP contribution in [0, 0.1) is 10.1 Å². The molecular weight excluding hydrogens is 314 g/mol. The lowest BCUT2D eigenvalue weighted by Crippen LogP contribution is -2.24. The van der Waals surface area contributed by atoms with Gasteiger partial charge < -0.3 is 9.47 Å². The van der Waals surface area contributed by atoms with Gasteiger partial charge in [0.2, 0.25) is 0 Å². The zero-order valence-electron chi connectivity index (χ0n) is 12.8. The molecule has 2 aromatic carbocycles. The van der Waals surface area contributed by atoms with E-state index in [9.17, 15) is 14.9 Å². The van der Waals surface area contributed by atoms with E-state index in [1.807, 2.05) is 0 Å². The fraction of sp³-hybridized carbons (Fsp3) is 0.125. The highest BCUT2D eigenvalue weighted by atomic mass is 16.6. The lowest BCUT2D eigenvalue weighted by molar-refractivity contribution is -0.384. The molecule has 0 saturated heterocycles. The molecule has 0 aliphatic rings. The Kier molecular flexibility index (Phi) is 5.84. The second kappa shape index (κ2) is 8.28. The van der Waals surface area contributed by atoms with Gasteiger partial charge in [-0.25, -0.2) is 5.43 Å². The molecule has 1 amide bonds. The van der Waals surface area contributed by atoms with Crippen molar-refractivity contribution in [2.75, 3.05) is 13.7 Å². The lowest BCUT2D eigenvalue weighted by atomic mass is 10.2. The normalized spacial score (nSPS) is 10.4. The molecule has 0 aliphatic carbocycles. The molecule has 0 bridgehead atoms. The number of hydrogen-bond donors (Lipinski definition) is 1. The number of nitrogens with one attached hydrogen (secondary N) is 1. The minimum atomic E-state index is -0.503. The standard InChI is InChI=1S/C16H15N3O5/c1-23-14-7-2-3-8-15(14)24-11-16(20)18-17-10-12-5-4-6-13(9-12)19(21)22/h2-10H,11H2,1H3,(H,18,20)/b17-10+. The van der Waals surface area contributed by atoms with E-state index in [0.717, 1.165) is 0 Å². The summed E-state index contributed by atoms with van der Waals surface area (Å²) >= 11 is 0. The fourth-order valence-electron chi connectivity index (χ4n) is 1.81. The summed E-state index contributed by atoms with van der Waals surface area (Å²) in [5.74, 6) is 0.491. The van der Waals surface area contributed by atoms with E-state index < -0.39 is 10.8 Å². The molecule has 0 radical (unpaired) electrons. The van der Waals surface area contributed by atoms with Crippen molar-refractivity contribution in [1.29, 1.82) is 0 Å². The second-order valence-electron chi connectivity index (χ2n) is 4.58. The maximum absolute atomic E-state index is 11.7.